The second-order valence-corrected chi connectivity index (χ2v) is 8.38. The van der Waals surface area contributed by atoms with Crippen LogP contribution < -0.4 is 20.8 Å². The van der Waals surface area contributed by atoms with Crippen LogP contribution in [0.5, 0.6) is 5.75 Å². The zero-order valence-corrected chi connectivity index (χ0v) is 15.6. The Bertz CT molecular complexity index is 1080. The first-order chi connectivity index (χ1) is 13.3. The third kappa shape index (κ3) is 2.18. The summed E-state index contributed by atoms with van der Waals surface area (Å²) in [5, 5.41) is 9.41. The molecule has 1 aromatic heterocycles. The molecule has 0 amide bonds. The first kappa shape index (κ1) is 17.5. The van der Waals surface area contributed by atoms with Crippen molar-refractivity contribution >= 4 is 22.6 Å². The largest absolute Gasteiger partial charge is 0.487 e. The van der Waals surface area contributed by atoms with Gasteiger partial charge in [-0.05, 0) is 25.8 Å². The number of hydrogen-bond donors (Lipinski definition) is 2. The maximum atomic E-state index is 15.2. The van der Waals surface area contributed by atoms with Crippen LogP contribution in [0.3, 0.4) is 0 Å². The van der Waals surface area contributed by atoms with Crippen LogP contribution in [-0.2, 0) is 0 Å². The van der Waals surface area contributed by atoms with Gasteiger partial charge < -0.3 is 25.0 Å². The highest BCUT2D eigenvalue weighted by Gasteiger charge is 2.50. The summed E-state index contributed by atoms with van der Waals surface area (Å²) in [6, 6.07) is 0.950. The maximum absolute atomic E-state index is 15.2. The molecule has 0 bridgehead atoms. The minimum atomic E-state index is -1.32. The molecule has 7 nitrogen and oxygen atoms in total. The molecule has 28 heavy (non-hydrogen) atoms. The molecular formula is C20H22FN3O4. The summed E-state index contributed by atoms with van der Waals surface area (Å²) in [6.45, 7) is 3.34. The highest BCUT2D eigenvalue weighted by molar-refractivity contribution is 5.97. The predicted molar refractivity (Wildman–Crippen MR) is 102 cm³/mol. The van der Waals surface area contributed by atoms with Crippen LogP contribution in [0.25, 0.3) is 10.9 Å². The van der Waals surface area contributed by atoms with Gasteiger partial charge in [0.05, 0.1) is 16.9 Å². The fraction of sp³-hybridized carbons (Fsp3) is 0.500. The number of nitrogens with zero attached hydrogens (tertiary/aromatic N) is 2. The van der Waals surface area contributed by atoms with Crippen molar-refractivity contribution in [2.24, 2.45) is 11.1 Å². The topological polar surface area (TPSA) is 97.8 Å². The average molecular weight is 387 g/mol. The molecule has 1 saturated heterocycles. The molecule has 3 aliphatic rings. The zero-order valence-electron chi connectivity index (χ0n) is 15.6. The van der Waals surface area contributed by atoms with Crippen molar-refractivity contribution in [2.45, 2.75) is 38.3 Å². The number of anilines is 1. The molecule has 3 N–H and O–H groups in total. The van der Waals surface area contributed by atoms with Gasteiger partial charge >= 0.3 is 5.97 Å². The van der Waals surface area contributed by atoms with Gasteiger partial charge in [-0.15, -0.1) is 0 Å². The molecule has 2 fully saturated rings. The summed E-state index contributed by atoms with van der Waals surface area (Å²) in [7, 11) is 0. The summed E-state index contributed by atoms with van der Waals surface area (Å²) >= 11 is 0. The molecule has 2 atom stereocenters. The van der Waals surface area contributed by atoms with Crippen molar-refractivity contribution in [2.75, 3.05) is 24.6 Å². The van der Waals surface area contributed by atoms with E-state index >= 15 is 4.39 Å². The number of hydrogen-bond acceptors (Lipinski definition) is 5. The minimum absolute atomic E-state index is 0.0253. The lowest BCUT2D eigenvalue weighted by Crippen LogP contribution is -2.45. The summed E-state index contributed by atoms with van der Waals surface area (Å²) < 4.78 is 22.9. The van der Waals surface area contributed by atoms with Crippen molar-refractivity contribution in [3.8, 4) is 5.75 Å². The Morgan fingerprint density at radius 1 is 1.43 bits per heavy atom. The molecule has 1 aliphatic carbocycles. The van der Waals surface area contributed by atoms with Gasteiger partial charge in [-0.3, -0.25) is 4.79 Å². The molecule has 5 rings (SSSR count). The SMILES string of the molecule is C[C@H]1COc2c(N3CC(N)C4(CCC4)C3)c(F)cc3c(=O)c(C(=O)O)cn1c23. The smallest absolute Gasteiger partial charge is 0.341 e. The monoisotopic (exact) mass is 387 g/mol. The molecule has 1 unspecified atom stereocenters. The molecule has 1 aromatic carbocycles. The summed E-state index contributed by atoms with van der Waals surface area (Å²) in [4.78, 5) is 26.1. The van der Waals surface area contributed by atoms with Crippen LogP contribution in [0, 0.1) is 11.2 Å². The molecule has 148 valence electrons. The van der Waals surface area contributed by atoms with E-state index in [9.17, 15) is 14.7 Å². The fourth-order valence-electron chi connectivity index (χ4n) is 4.98. The van der Waals surface area contributed by atoms with E-state index in [1.165, 1.54) is 6.20 Å². The Morgan fingerprint density at radius 2 is 2.18 bits per heavy atom. The summed E-state index contributed by atoms with van der Waals surface area (Å²) in [5.41, 5.74) is 6.12. The van der Waals surface area contributed by atoms with Crippen LogP contribution in [0.4, 0.5) is 10.1 Å². The van der Waals surface area contributed by atoms with Crippen LogP contribution in [0.15, 0.2) is 17.1 Å². The van der Waals surface area contributed by atoms with Crippen LogP contribution in [0.2, 0.25) is 0 Å². The van der Waals surface area contributed by atoms with Crippen molar-refractivity contribution in [1.82, 2.24) is 4.57 Å². The highest BCUT2D eigenvalue weighted by Crippen LogP contribution is 2.51. The third-order valence-corrected chi connectivity index (χ3v) is 6.75. The van der Waals surface area contributed by atoms with Crippen LogP contribution in [-0.4, -0.2) is 41.4 Å². The van der Waals surface area contributed by atoms with Crippen molar-refractivity contribution in [3.63, 3.8) is 0 Å². The van der Waals surface area contributed by atoms with Crippen molar-refractivity contribution < 1.29 is 19.0 Å². The molecule has 1 spiro atoms. The maximum Gasteiger partial charge on any atom is 0.341 e. The van der Waals surface area contributed by atoms with E-state index in [-0.39, 0.29) is 35.1 Å². The summed E-state index contributed by atoms with van der Waals surface area (Å²) in [5.74, 6) is -1.59. The number of halogens is 1. The Hall–Kier alpha value is -2.61. The lowest BCUT2D eigenvalue weighted by molar-refractivity contribution is 0.0694. The van der Waals surface area contributed by atoms with Gasteiger partial charge in [-0.25, -0.2) is 9.18 Å². The number of pyridine rings is 1. The Labute approximate surface area is 160 Å². The quantitative estimate of drug-likeness (QED) is 0.819. The normalized spacial score (nSPS) is 25.0. The molecule has 0 radical (unpaired) electrons. The average Bonchev–Trinajstić information content (AvgIpc) is 2.96. The standard InChI is InChI=1S/C20H22FN3O4/c1-10-8-28-18-15-11(17(25)12(19(26)27)6-24(10)15)5-13(21)16(18)23-7-14(22)20(9-23)3-2-4-20/h5-6,10,14H,2-4,7-9,22H2,1H3,(H,26,27)/t10-,14?/m0/s1. The van der Waals surface area contributed by atoms with Gasteiger partial charge in [-0.2, -0.15) is 0 Å². The second kappa shape index (κ2) is 5.70. The molecule has 1 saturated carbocycles. The zero-order chi connectivity index (χ0) is 19.8. The number of carboxylic acid groups (broad SMARTS) is 1. The van der Waals surface area contributed by atoms with E-state index in [1.54, 1.807) is 4.57 Å². The molecule has 8 heteroatoms. The van der Waals surface area contributed by atoms with Gasteiger partial charge in [0, 0.05) is 30.7 Å². The second-order valence-electron chi connectivity index (χ2n) is 8.38. The minimum Gasteiger partial charge on any atom is -0.487 e. The lowest BCUT2D eigenvalue weighted by atomic mass is 9.66. The van der Waals surface area contributed by atoms with Gasteiger partial charge in [0.15, 0.2) is 11.6 Å². The number of benzene rings is 1. The number of aromatic carboxylic acids is 1. The number of nitrogens with two attached hydrogens (primary N) is 1. The van der Waals surface area contributed by atoms with Gasteiger partial charge in [0.2, 0.25) is 5.43 Å². The molecule has 3 heterocycles. The van der Waals surface area contributed by atoms with E-state index in [0.29, 0.717) is 30.0 Å². The van der Waals surface area contributed by atoms with Crippen LogP contribution >= 0.6 is 0 Å². The number of carbonyl (C=O) groups is 1. The number of ether oxygens (including phenoxy) is 1. The van der Waals surface area contributed by atoms with E-state index in [1.807, 2.05) is 11.8 Å². The van der Waals surface area contributed by atoms with Crippen LogP contribution in [0.1, 0.15) is 42.6 Å². The Kier molecular flexibility index (Phi) is 3.56. The van der Waals surface area contributed by atoms with E-state index in [0.717, 1.165) is 25.3 Å². The molecule has 2 aliphatic heterocycles. The van der Waals surface area contributed by atoms with Gasteiger partial charge in [0.25, 0.3) is 0 Å². The first-order valence-electron chi connectivity index (χ1n) is 9.60. The highest BCUT2D eigenvalue weighted by atomic mass is 19.1. The number of rotatable bonds is 2. The number of aromatic nitrogens is 1. The third-order valence-electron chi connectivity index (χ3n) is 6.75. The van der Waals surface area contributed by atoms with E-state index in [2.05, 4.69) is 0 Å². The fourth-order valence-corrected chi connectivity index (χ4v) is 4.98. The lowest BCUT2D eigenvalue weighted by Gasteiger charge is -2.41. The van der Waals surface area contributed by atoms with Gasteiger partial charge in [0.1, 0.15) is 17.9 Å². The Morgan fingerprint density at radius 3 is 2.79 bits per heavy atom. The predicted octanol–water partition coefficient (Wildman–Crippen LogP) is 2.11. The van der Waals surface area contributed by atoms with E-state index < -0.39 is 17.2 Å². The Balaban J connectivity index is 1.75. The van der Waals surface area contributed by atoms with Crippen molar-refractivity contribution in [3.05, 3.63) is 33.9 Å². The first-order valence-corrected chi connectivity index (χ1v) is 9.60. The summed E-state index contributed by atoms with van der Waals surface area (Å²) in [6.07, 6.45) is 4.56. The molecule has 2 aromatic rings. The number of carboxylic acids is 1. The molecular weight excluding hydrogens is 365 g/mol. The van der Waals surface area contributed by atoms with E-state index in [4.69, 9.17) is 10.5 Å². The van der Waals surface area contributed by atoms with Crippen molar-refractivity contribution in [1.29, 1.82) is 0 Å². The van der Waals surface area contributed by atoms with Gasteiger partial charge in [-0.1, -0.05) is 6.42 Å².